The first kappa shape index (κ1) is 19.8. The second-order valence-electron chi connectivity index (χ2n) is 7.56. The van der Waals surface area contributed by atoms with Gasteiger partial charge in [0.2, 0.25) is 0 Å². The van der Waals surface area contributed by atoms with Gasteiger partial charge < -0.3 is 9.80 Å². The van der Waals surface area contributed by atoms with Crippen LogP contribution in [0.1, 0.15) is 44.5 Å². The molecule has 3 aromatic rings. The van der Waals surface area contributed by atoms with Crippen LogP contribution in [0.25, 0.3) is 0 Å². The summed E-state index contributed by atoms with van der Waals surface area (Å²) in [5.74, 6) is -0.277. The van der Waals surface area contributed by atoms with Crippen molar-refractivity contribution in [1.82, 2.24) is 9.88 Å². The predicted octanol–water partition coefficient (Wildman–Crippen LogP) is 4.26. The van der Waals surface area contributed by atoms with E-state index in [0.29, 0.717) is 30.9 Å². The highest BCUT2D eigenvalue weighted by molar-refractivity contribution is 6.07. The summed E-state index contributed by atoms with van der Waals surface area (Å²) < 4.78 is 0. The Morgan fingerprint density at radius 1 is 1.03 bits per heavy atom. The molecule has 152 valence electrons. The van der Waals surface area contributed by atoms with E-state index in [1.807, 2.05) is 50.2 Å². The number of rotatable bonds is 4. The Balaban J connectivity index is 1.56. The van der Waals surface area contributed by atoms with Crippen molar-refractivity contribution in [3.63, 3.8) is 0 Å². The Morgan fingerprint density at radius 3 is 2.60 bits per heavy atom. The summed E-state index contributed by atoms with van der Waals surface area (Å²) in [6, 6.07) is 19.3. The molecule has 2 amide bonds. The molecule has 0 aliphatic carbocycles. The maximum absolute atomic E-state index is 13.2. The summed E-state index contributed by atoms with van der Waals surface area (Å²) in [6.45, 7) is 5.70. The smallest absolute Gasteiger partial charge is 0.272 e. The highest BCUT2D eigenvalue weighted by Gasteiger charge is 2.24. The Hall–Kier alpha value is -3.47. The normalized spacial score (nSPS) is 12.9. The Morgan fingerprint density at radius 2 is 1.83 bits per heavy atom. The second kappa shape index (κ2) is 8.49. The molecule has 0 N–H and O–H groups in total. The van der Waals surface area contributed by atoms with Gasteiger partial charge in [0.1, 0.15) is 5.69 Å². The number of nitrogens with zero attached hydrogens (tertiary/aromatic N) is 3. The van der Waals surface area contributed by atoms with Gasteiger partial charge in [-0.05, 0) is 61.2 Å². The standard InChI is InChI=1S/C25H25N3O2/c1-3-28(22-10-6-7-18(2)15-22)24(29)20-11-13-26-23(16-20)25(30)27-14-12-19-8-4-5-9-21(19)17-27/h4-11,13,15-16H,3,12,14,17H2,1-2H3. The molecular weight excluding hydrogens is 374 g/mol. The Kier molecular flexibility index (Phi) is 5.61. The lowest BCUT2D eigenvalue weighted by atomic mass is 9.99. The van der Waals surface area contributed by atoms with Crippen molar-refractivity contribution in [1.29, 1.82) is 0 Å². The molecule has 5 heteroatoms. The van der Waals surface area contributed by atoms with Crippen molar-refractivity contribution in [2.24, 2.45) is 0 Å². The van der Waals surface area contributed by atoms with Gasteiger partial charge in [-0.2, -0.15) is 0 Å². The summed E-state index contributed by atoms with van der Waals surface area (Å²) in [6.07, 6.45) is 2.37. The van der Waals surface area contributed by atoms with E-state index in [9.17, 15) is 9.59 Å². The highest BCUT2D eigenvalue weighted by Crippen LogP contribution is 2.21. The minimum Gasteiger partial charge on any atom is -0.333 e. The maximum Gasteiger partial charge on any atom is 0.272 e. The molecule has 1 aromatic heterocycles. The molecule has 0 saturated heterocycles. The minimum atomic E-state index is -0.141. The van der Waals surface area contributed by atoms with E-state index in [1.54, 1.807) is 28.1 Å². The molecule has 0 spiro atoms. The molecule has 0 radical (unpaired) electrons. The molecule has 30 heavy (non-hydrogen) atoms. The van der Waals surface area contributed by atoms with E-state index in [1.165, 1.54) is 11.1 Å². The predicted molar refractivity (Wildman–Crippen MR) is 118 cm³/mol. The number of anilines is 1. The fourth-order valence-electron chi connectivity index (χ4n) is 3.91. The van der Waals surface area contributed by atoms with E-state index in [-0.39, 0.29) is 11.8 Å². The molecule has 2 heterocycles. The average molecular weight is 399 g/mol. The number of carbonyl (C=O) groups excluding carboxylic acids is 2. The molecule has 0 saturated carbocycles. The van der Waals surface area contributed by atoms with Crippen molar-refractivity contribution in [3.05, 3.63) is 94.8 Å². The van der Waals surface area contributed by atoms with Crippen molar-refractivity contribution < 1.29 is 9.59 Å². The van der Waals surface area contributed by atoms with Crippen LogP contribution in [-0.4, -0.2) is 34.8 Å². The molecular formula is C25H25N3O2. The van der Waals surface area contributed by atoms with Crippen LogP contribution in [0.2, 0.25) is 0 Å². The Labute approximate surface area is 177 Å². The molecule has 0 unspecified atom stereocenters. The third-order valence-electron chi connectivity index (χ3n) is 5.52. The van der Waals surface area contributed by atoms with Gasteiger partial charge in [0.15, 0.2) is 0 Å². The summed E-state index contributed by atoms with van der Waals surface area (Å²) in [5.41, 5.74) is 5.17. The number of hydrogen-bond acceptors (Lipinski definition) is 3. The average Bonchev–Trinajstić information content (AvgIpc) is 2.79. The highest BCUT2D eigenvalue weighted by atomic mass is 16.2. The SMILES string of the molecule is CCN(C(=O)c1ccnc(C(=O)N2CCc3ccccc3C2)c1)c1cccc(C)c1. The van der Waals surface area contributed by atoms with Crippen molar-refractivity contribution in [2.75, 3.05) is 18.0 Å². The van der Waals surface area contributed by atoms with Crippen LogP contribution in [0.5, 0.6) is 0 Å². The van der Waals surface area contributed by atoms with Gasteiger partial charge in [0.25, 0.3) is 11.8 Å². The van der Waals surface area contributed by atoms with Gasteiger partial charge in [-0.1, -0.05) is 36.4 Å². The molecule has 4 rings (SSSR count). The van der Waals surface area contributed by atoms with Gasteiger partial charge in [0, 0.05) is 37.1 Å². The molecule has 0 fully saturated rings. The van der Waals surface area contributed by atoms with Gasteiger partial charge in [-0.15, -0.1) is 0 Å². The summed E-state index contributed by atoms with van der Waals surface area (Å²) in [7, 11) is 0. The van der Waals surface area contributed by atoms with E-state index >= 15 is 0 Å². The van der Waals surface area contributed by atoms with Crippen molar-refractivity contribution >= 4 is 17.5 Å². The third kappa shape index (κ3) is 3.96. The van der Waals surface area contributed by atoms with Gasteiger partial charge in [0.05, 0.1) is 0 Å². The number of fused-ring (bicyclic) bond motifs is 1. The number of amides is 2. The monoisotopic (exact) mass is 399 g/mol. The summed E-state index contributed by atoms with van der Waals surface area (Å²) >= 11 is 0. The van der Waals surface area contributed by atoms with Crippen LogP contribution >= 0.6 is 0 Å². The number of benzene rings is 2. The van der Waals surface area contributed by atoms with Gasteiger partial charge in [-0.3, -0.25) is 14.6 Å². The first-order valence-corrected chi connectivity index (χ1v) is 10.3. The Bertz CT molecular complexity index is 1090. The van der Waals surface area contributed by atoms with Crippen molar-refractivity contribution in [2.45, 2.75) is 26.8 Å². The lowest BCUT2D eigenvalue weighted by Gasteiger charge is -2.28. The molecule has 1 aliphatic heterocycles. The van der Waals surface area contributed by atoms with Crippen LogP contribution in [-0.2, 0) is 13.0 Å². The van der Waals surface area contributed by atoms with Crippen LogP contribution in [0.4, 0.5) is 5.69 Å². The van der Waals surface area contributed by atoms with Crippen LogP contribution in [0.15, 0.2) is 66.9 Å². The summed E-state index contributed by atoms with van der Waals surface area (Å²) in [4.78, 5) is 34.0. The fraction of sp³-hybridized carbons (Fsp3) is 0.240. The summed E-state index contributed by atoms with van der Waals surface area (Å²) in [5, 5.41) is 0. The van der Waals surface area contributed by atoms with Gasteiger partial charge in [-0.25, -0.2) is 0 Å². The van der Waals surface area contributed by atoms with E-state index in [2.05, 4.69) is 17.1 Å². The quantitative estimate of drug-likeness (QED) is 0.659. The van der Waals surface area contributed by atoms with E-state index < -0.39 is 0 Å². The lowest BCUT2D eigenvalue weighted by molar-refractivity contribution is 0.0728. The topological polar surface area (TPSA) is 53.5 Å². The van der Waals surface area contributed by atoms with Gasteiger partial charge >= 0.3 is 0 Å². The number of pyridine rings is 1. The molecule has 5 nitrogen and oxygen atoms in total. The number of aryl methyl sites for hydroxylation is 1. The molecule has 0 bridgehead atoms. The van der Waals surface area contributed by atoms with Crippen LogP contribution < -0.4 is 4.90 Å². The minimum absolute atomic E-state index is 0.136. The number of aromatic nitrogens is 1. The second-order valence-corrected chi connectivity index (χ2v) is 7.56. The zero-order valence-corrected chi connectivity index (χ0v) is 17.3. The zero-order valence-electron chi connectivity index (χ0n) is 17.3. The molecule has 2 aromatic carbocycles. The lowest BCUT2D eigenvalue weighted by Crippen LogP contribution is -2.36. The van der Waals surface area contributed by atoms with Crippen LogP contribution in [0.3, 0.4) is 0 Å². The molecule has 1 aliphatic rings. The van der Waals surface area contributed by atoms with E-state index in [4.69, 9.17) is 0 Å². The third-order valence-corrected chi connectivity index (χ3v) is 5.52. The zero-order chi connectivity index (χ0) is 21.1. The largest absolute Gasteiger partial charge is 0.333 e. The maximum atomic E-state index is 13.2. The first-order chi connectivity index (χ1) is 14.6. The number of carbonyl (C=O) groups is 2. The van der Waals surface area contributed by atoms with E-state index in [0.717, 1.165) is 17.7 Å². The fourth-order valence-corrected chi connectivity index (χ4v) is 3.91. The first-order valence-electron chi connectivity index (χ1n) is 10.3. The molecule has 0 atom stereocenters. The van der Waals surface area contributed by atoms with Crippen molar-refractivity contribution in [3.8, 4) is 0 Å². The number of hydrogen-bond donors (Lipinski definition) is 0. The van der Waals surface area contributed by atoms with Crippen LogP contribution in [0, 0.1) is 6.92 Å².